The molecule has 0 saturated heterocycles. The van der Waals surface area contributed by atoms with Gasteiger partial charge in [-0.05, 0) is 48.8 Å². The van der Waals surface area contributed by atoms with E-state index in [1.54, 1.807) is 12.1 Å². The molecule has 3 N–H and O–H groups in total. The Hall–Kier alpha value is -1.39. The van der Waals surface area contributed by atoms with E-state index in [1.807, 2.05) is 12.1 Å². The lowest BCUT2D eigenvalue weighted by molar-refractivity contribution is -0.119. The second kappa shape index (κ2) is 5.43. The molecule has 2 fully saturated rings. The van der Waals surface area contributed by atoms with Gasteiger partial charge in [-0.1, -0.05) is 18.6 Å². The molecule has 0 unspecified atom stereocenters. The summed E-state index contributed by atoms with van der Waals surface area (Å²) in [6.07, 6.45) is 6.34. The third kappa shape index (κ3) is 2.83. The summed E-state index contributed by atoms with van der Waals surface area (Å²) in [7, 11) is 0. The number of benzene rings is 1. The van der Waals surface area contributed by atoms with Crippen LogP contribution in [0.3, 0.4) is 0 Å². The van der Waals surface area contributed by atoms with Crippen molar-refractivity contribution in [3.05, 3.63) is 35.4 Å². The van der Waals surface area contributed by atoms with Crippen LogP contribution < -0.4 is 5.32 Å². The molecule has 0 bridgehead atoms. The number of rotatable bonds is 6. The third-order valence-electron chi connectivity index (χ3n) is 5.28. The normalized spacial score (nSPS) is 21.6. The Bertz CT molecular complexity index is 511. The summed E-state index contributed by atoms with van der Waals surface area (Å²) in [6, 6.07) is 6.95. The zero-order valence-electron chi connectivity index (χ0n) is 12.3. The van der Waals surface area contributed by atoms with Gasteiger partial charge in [-0.3, -0.25) is 0 Å². The maximum absolute atomic E-state index is 10.8. The van der Waals surface area contributed by atoms with Crippen molar-refractivity contribution >= 4 is 5.97 Å². The van der Waals surface area contributed by atoms with Gasteiger partial charge >= 0.3 is 5.97 Å². The lowest BCUT2D eigenvalue weighted by Gasteiger charge is -2.61. The van der Waals surface area contributed by atoms with Crippen molar-refractivity contribution in [1.29, 1.82) is 0 Å². The fourth-order valence-corrected chi connectivity index (χ4v) is 4.10. The van der Waals surface area contributed by atoms with Crippen LogP contribution in [0, 0.1) is 10.8 Å². The number of carboxylic acid groups (broad SMARTS) is 1. The molecule has 0 heterocycles. The number of carbonyl (C=O) groups is 1. The quantitative estimate of drug-likeness (QED) is 0.752. The van der Waals surface area contributed by atoms with Crippen molar-refractivity contribution in [3.63, 3.8) is 0 Å². The number of aliphatic hydroxyl groups is 1. The minimum absolute atomic E-state index is 0.0709. The molecule has 3 rings (SSSR count). The molecule has 2 saturated carbocycles. The van der Waals surface area contributed by atoms with E-state index >= 15 is 0 Å². The second-order valence-electron chi connectivity index (χ2n) is 6.97. The highest BCUT2D eigenvalue weighted by molar-refractivity contribution is 5.87. The maximum atomic E-state index is 10.8. The van der Waals surface area contributed by atoms with E-state index in [2.05, 4.69) is 5.32 Å². The molecular formula is C17H23NO3. The van der Waals surface area contributed by atoms with Gasteiger partial charge in [-0.15, -0.1) is 0 Å². The number of aromatic carboxylic acids is 1. The Kier molecular flexibility index (Phi) is 3.76. The van der Waals surface area contributed by atoms with Crippen LogP contribution in [-0.2, 0) is 6.54 Å². The van der Waals surface area contributed by atoms with E-state index in [9.17, 15) is 9.90 Å². The van der Waals surface area contributed by atoms with Crippen LogP contribution in [0.2, 0.25) is 0 Å². The number of hydrogen-bond acceptors (Lipinski definition) is 3. The van der Waals surface area contributed by atoms with Gasteiger partial charge in [0.1, 0.15) is 0 Å². The summed E-state index contributed by atoms with van der Waals surface area (Å²) in [4.78, 5) is 10.8. The largest absolute Gasteiger partial charge is 0.478 e. The Morgan fingerprint density at radius 1 is 1.19 bits per heavy atom. The van der Waals surface area contributed by atoms with Crippen molar-refractivity contribution in [2.24, 2.45) is 10.8 Å². The summed E-state index contributed by atoms with van der Waals surface area (Å²) in [5, 5.41) is 22.0. The lowest BCUT2D eigenvalue weighted by Crippen LogP contribution is -2.56. The third-order valence-corrected chi connectivity index (χ3v) is 5.28. The molecule has 2 aliphatic rings. The molecule has 1 aromatic rings. The van der Waals surface area contributed by atoms with E-state index in [-0.39, 0.29) is 12.0 Å². The summed E-state index contributed by atoms with van der Waals surface area (Å²) in [6.45, 7) is 1.82. The molecule has 0 radical (unpaired) electrons. The van der Waals surface area contributed by atoms with Gasteiger partial charge in [-0.2, -0.15) is 0 Å². The molecule has 0 atom stereocenters. The van der Waals surface area contributed by atoms with Gasteiger partial charge in [0.15, 0.2) is 0 Å². The molecule has 2 aliphatic carbocycles. The van der Waals surface area contributed by atoms with Crippen LogP contribution >= 0.6 is 0 Å². The molecule has 0 aliphatic heterocycles. The lowest BCUT2D eigenvalue weighted by atomic mass is 9.45. The summed E-state index contributed by atoms with van der Waals surface area (Å²) in [5.74, 6) is -0.894. The standard InChI is InChI=1S/C17H23NO3/c19-12-17(9-16(10-17)6-1-7-16)11-18-8-13-2-4-14(5-3-13)15(20)21/h2-5,18-19H,1,6-12H2,(H,20,21). The Morgan fingerprint density at radius 2 is 1.86 bits per heavy atom. The summed E-state index contributed by atoms with van der Waals surface area (Å²) >= 11 is 0. The Balaban J connectivity index is 1.48. The van der Waals surface area contributed by atoms with Crippen molar-refractivity contribution in [2.45, 2.75) is 38.6 Å². The molecule has 4 heteroatoms. The number of carboxylic acids is 1. The van der Waals surface area contributed by atoms with Crippen LogP contribution in [0.5, 0.6) is 0 Å². The van der Waals surface area contributed by atoms with E-state index in [0.717, 1.165) is 24.9 Å². The molecule has 114 valence electrons. The van der Waals surface area contributed by atoms with Gasteiger partial charge in [0.05, 0.1) is 5.56 Å². The van der Waals surface area contributed by atoms with Crippen LogP contribution in [0.1, 0.15) is 48.0 Å². The Morgan fingerprint density at radius 3 is 2.33 bits per heavy atom. The molecule has 4 nitrogen and oxygen atoms in total. The number of aliphatic hydroxyl groups excluding tert-OH is 1. The fourth-order valence-electron chi connectivity index (χ4n) is 4.10. The first kappa shape index (κ1) is 14.5. The topological polar surface area (TPSA) is 69.6 Å². The highest BCUT2D eigenvalue weighted by Gasteiger charge is 2.56. The predicted octanol–water partition coefficient (Wildman–Crippen LogP) is 2.42. The van der Waals surface area contributed by atoms with Crippen LogP contribution in [-0.4, -0.2) is 29.3 Å². The summed E-state index contributed by atoms with van der Waals surface area (Å²) in [5.41, 5.74) is 2.02. The first-order valence-electron chi connectivity index (χ1n) is 7.70. The van der Waals surface area contributed by atoms with Gasteiger partial charge in [0.25, 0.3) is 0 Å². The second-order valence-corrected chi connectivity index (χ2v) is 6.97. The average Bonchev–Trinajstić information content (AvgIpc) is 2.40. The monoisotopic (exact) mass is 289 g/mol. The SMILES string of the molecule is O=C(O)c1ccc(CNCC2(CO)CC3(CCC3)C2)cc1. The minimum atomic E-state index is -0.894. The van der Waals surface area contributed by atoms with Crippen molar-refractivity contribution in [3.8, 4) is 0 Å². The molecule has 1 spiro atoms. The molecule has 1 aromatic carbocycles. The van der Waals surface area contributed by atoms with Crippen molar-refractivity contribution < 1.29 is 15.0 Å². The zero-order valence-corrected chi connectivity index (χ0v) is 12.3. The van der Waals surface area contributed by atoms with Crippen molar-refractivity contribution in [1.82, 2.24) is 5.32 Å². The van der Waals surface area contributed by atoms with E-state index < -0.39 is 5.97 Å². The zero-order chi connectivity index (χ0) is 14.9. The minimum Gasteiger partial charge on any atom is -0.478 e. The van der Waals surface area contributed by atoms with Crippen LogP contribution in [0.4, 0.5) is 0 Å². The smallest absolute Gasteiger partial charge is 0.335 e. The predicted molar refractivity (Wildman–Crippen MR) is 80.1 cm³/mol. The van der Waals surface area contributed by atoms with Gasteiger partial charge in [0, 0.05) is 25.1 Å². The highest BCUT2D eigenvalue weighted by Crippen LogP contribution is 2.63. The number of nitrogens with one attached hydrogen (secondary N) is 1. The molecule has 0 amide bonds. The van der Waals surface area contributed by atoms with Gasteiger partial charge in [0.2, 0.25) is 0 Å². The summed E-state index contributed by atoms with van der Waals surface area (Å²) < 4.78 is 0. The highest BCUT2D eigenvalue weighted by atomic mass is 16.4. The van der Waals surface area contributed by atoms with Crippen LogP contribution in [0.15, 0.2) is 24.3 Å². The Labute approximate surface area is 125 Å². The number of hydrogen-bond donors (Lipinski definition) is 3. The van der Waals surface area contributed by atoms with E-state index in [1.165, 1.54) is 19.3 Å². The van der Waals surface area contributed by atoms with E-state index in [0.29, 0.717) is 17.5 Å². The molecule has 21 heavy (non-hydrogen) atoms. The van der Waals surface area contributed by atoms with Gasteiger partial charge < -0.3 is 15.5 Å². The maximum Gasteiger partial charge on any atom is 0.335 e. The molecular weight excluding hydrogens is 266 g/mol. The average molecular weight is 289 g/mol. The fraction of sp³-hybridized carbons (Fsp3) is 0.588. The van der Waals surface area contributed by atoms with Gasteiger partial charge in [-0.25, -0.2) is 4.79 Å². The van der Waals surface area contributed by atoms with E-state index in [4.69, 9.17) is 5.11 Å². The molecule has 0 aromatic heterocycles. The first-order chi connectivity index (χ1) is 10.1. The first-order valence-corrected chi connectivity index (χ1v) is 7.70. The van der Waals surface area contributed by atoms with Crippen molar-refractivity contribution in [2.75, 3.05) is 13.2 Å². The van der Waals surface area contributed by atoms with Crippen LogP contribution in [0.25, 0.3) is 0 Å².